The van der Waals surface area contributed by atoms with Crippen LogP contribution in [0.5, 0.6) is 11.5 Å². The first-order chi connectivity index (χ1) is 7.49. The third-order valence-corrected chi connectivity index (χ3v) is 1.76. The van der Waals surface area contributed by atoms with Crippen molar-refractivity contribution in [3.05, 3.63) is 23.8 Å². The number of carboxylic acids is 2. The van der Waals surface area contributed by atoms with Gasteiger partial charge in [0.05, 0.1) is 6.42 Å². The molecule has 0 bridgehead atoms. The van der Waals surface area contributed by atoms with Crippen LogP contribution in [-0.2, 0) is 16.0 Å². The number of phenolic OH excluding ortho intramolecular Hbond substituents is 1. The Morgan fingerprint density at radius 2 is 1.88 bits per heavy atom. The molecule has 0 atom stereocenters. The van der Waals surface area contributed by atoms with Gasteiger partial charge in [-0.2, -0.15) is 0 Å². The number of hydrogen-bond acceptors (Lipinski definition) is 4. The van der Waals surface area contributed by atoms with Crippen molar-refractivity contribution in [2.24, 2.45) is 0 Å². The van der Waals surface area contributed by atoms with E-state index in [1.54, 1.807) is 0 Å². The fraction of sp³-hybridized carbons (Fsp3) is 0.200. The summed E-state index contributed by atoms with van der Waals surface area (Å²) < 4.78 is 4.80. The number of hydrogen-bond donors (Lipinski definition) is 3. The largest absolute Gasteiger partial charge is 0.508 e. The fourth-order valence-corrected chi connectivity index (χ4v) is 1.09. The van der Waals surface area contributed by atoms with Crippen molar-refractivity contribution in [2.75, 3.05) is 6.61 Å². The lowest BCUT2D eigenvalue weighted by molar-refractivity contribution is -0.139. The predicted octanol–water partition coefficient (Wildman–Crippen LogP) is 0.483. The molecule has 0 heterocycles. The van der Waals surface area contributed by atoms with Crippen LogP contribution >= 0.6 is 0 Å². The van der Waals surface area contributed by atoms with Gasteiger partial charge in [0, 0.05) is 11.6 Å². The van der Waals surface area contributed by atoms with E-state index in [-0.39, 0.29) is 23.5 Å². The van der Waals surface area contributed by atoms with E-state index in [4.69, 9.17) is 14.9 Å². The Labute approximate surface area is 90.7 Å². The molecule has 0 aliphatic rings. The van der Waals surface area contributed by atoms with Crippen LogP contribution in [0.1, 0.15) is 5.56 Å². The summed E-state index contributed by atoms with van der Waals surface area (Å²) >= 11 is 0. The number of ether oxygens (including phenoxy) is 1. The second kappa shape index (κ2) is 5.01. The summed E-state index contributed by atoms with van der Waals surface area (Å²) in [5.41, 5.74) is 0.246. The van der Waals surface area contributed by atoms with Gasteiger partial charge in [-0.1, -0.05) is 6.07 Å². The van der Waals surface area contributed by atoms with Gasteiger partial charge in [0.25, 0.3) is 0 Å². The topological polar surface area (TPSA) is 104 Å². The first-order valence-corrected chi connectivity index (χ1v) is 4.37. The maximum absolute atomic E-state index is 10.4. The summed E-state index contributed by atoms with van der Waals surface area (Å²) in [5.74, 6) is -2.25. The van der Waals surface area contributed by atoms with E-state index in [1.807, 2.05) is 0 Å². The zero-order valence-electron chi connectivity index (χ0n) is 8.21. The van der Waals surface area contributed by atoms with Gasteiger partial charge in [-0.25, -0.2) is 4.79 Å². The summed E-state index contributed by atoms with van der Waals surface area (Å²) in [6, 6.07) is 3.96. The highest BCUT2D eigenvalue weighted by atomic mass is 16.5. The van der Waals surface area contributed by atoms with Gasteiger partial charge in [-0.05, 0) is 6.07 Å². The van der Waals surface area contributed by atoms with Gasteiger partial charge in [0.15, 0.2) is 6.61 Å². The summed E-state index contributed by atoms with van der Waals surface area (Å²) in [7, 11) is 0. The molecule has 0 fully saturated rings. The number of aliphatic carboxylic acids is 2. The van der Waals surface area contributed by atoms with Crippen LogP contribution in [0.15, 0.2) is 18.2 Å². The van der Waals surface area contributed by atoms with Crippen LogP contribution in [0.4, 0.5) is 0 Å². The van der Waals surface area contributed by atoms with Crippen molar-refractivity contribution >= 4 is 11.9 Å². The first kappa shape index (κ1) is 11.8. The lowest BCUT2D eigenvalue weighted by Gasteiger charge is -2.06. The number of benzene rings is 1. The highest BCUT2D eigenvalue weighted by Gasteiger charge is 2.08. The normalized spacial score (nSPS) is 9.75. The molecule has 86 valence electrons. The smallest absolute Gasteiger partial charge is 0.341 e. The minimum Gasteiger partial charge on any atom is -0.508 e. The molecule has 6 heteroatoms. The Morgan fingerprint density at radius 1 is 1.19 bits per heavy atom. The molecule has 0 saturated heterocycles. The quantitative estimate of drug-likeness (QED) is 0.674. The van der Waals surface area contributed by atoms with E-state index in [9.17, 15) is 14.7 Å². The monoisotopic (exact) mass is 226 g/mol. The second-order valence-electron chi connectivity index (χ2n) is 3.04. The van der Waals surface area contributed by atoms with Gasteiger partial charge in [0.2, 0.25) is 0 Å². The molecule has 6 nitrogen and oxygen atoms in total. The molecular formula is C10H10O6. The van der Waals surface area contributed by atoms with Crippen molar-refractivity contribution < 1.29 is 29.6 Å². The molecule has 0 spiro atoms. The molecule has 0 aliphatic heterocycles. The predicted molar refractivity (Wildman–Crippen MR) is 52.6 cm³/mol. The standard InChI is InChI=1S/C10H10O6/c11-8-4-7(16-5-10(14)15)2-1-6(8)3-9(12)13/h1-2,4,11H,3,5H2,(H,12,13)(H,14,15). The summed E-state index contributed by atoms with van der Waals surface area (Å²) in [6.45, 7) is -0.516. The third kappa shape index (κ3) is 3.49. The molecule has 1 aromatic carbocycles. The lowest BCUT2D eigenvalue weighted by Crippen LogP contribution is -2.09. The van der Waals surface area contributed by atoms with Crippen LogP contribution in [-0.4, -0.2) is 33.9 Å². The zero-order chi connectivity index (χ0) is 12.1. The number of aromatic hydroxyl groups is 1. The minimum atomic E-state index is -1.13. The summed E-state index contributed by atoms with van der Waals surface area (Å²) in [4.78, 5) is 20.6. The average Bonchev–Trinajstić information content (AvgIpc) is 2.18. The second-order valence-corrected chi connectivity index (χ2v) is 3.04. The third-order valence-electron chi connectivity index (χ3n) is 1.76. The van der Waals surface area contributed by atoms with E-state index in [2.05, 4.69) is 0 Å². The first-order valence-electron chi connectivity index (χ1n) is 4.37. The van der Waals surface area contributed by atoms with Crippen LogP contribution in [0.25, 0.3) is 0 Å². The molecule has 0 radical (unpaired) electrons. The number of carbonyl (C=O) groups is 2. The average molecular weight is 226 g/mol. The van der Waals surface area contributed by atoms with Crippen LogP contribution in [0.2, 0.25) is 0 Å². The maximum atomic E-state index is 10.4. The van der Waals surface area contributed by atoms with Gasteiger partial charge < -0.3 is 20.1 Å². The molecule has 0 saturated carbocycles. The Balaban J connectivity index is 2.74. The number of phenols is 1. The van der Waals surface area contributed by atoms with Crippen LogP contribution < -0.4 is 4.74 Å². The Kier molecular flexibility index (Phi) is 3.71. The highest BCUT2D eigenvalue weighted by Crippen LogP contribution is 2.23. The van der Waals surface area contributed by atoms with Crippen LogP contribution in [0.3, 0.4) is 0 Å². The van der Waals surface area contributed by atoms with Gasteiger partial charge in [-0.3, -0.25) is 4.79 Å². The molecule has 1 aromatic rings. The SMILES string of the molecule is O=C(O)COc1ccc(CC(=O)O)c(O)c1. The fourth-order valence-electron chi connectivity index (χ4n) is 1.09. The summed E-state index contributed by atoms with van der Waals surface area (Å²) in [6.07, 6.45) is -0.301. The van der Waals surface area contributed by atoms with E-state index < -0.39 is 18.5 Å². The molecule has 3 N–H and O–H groups in total. The van der Waals surface area contributed by atoms with E-state index in [1.165, 1.54) is 18.2 Å². The van der Waals surface area contributed by atoms with Gasteiger partial charge in [-0.15, -0.1) is 0 Å². The number of rotatable bonds is 5. The molecule has 0 amide bonds. The van der Waals surface area contributed by atoms with Gasteiger partial charge in [0.1, 0.15) is 11.5 Å². The van der Waals surface area contributed by atoms with Crippen molar-refractivity contribution in [3.8, 4) is 11.5 Å². The van der Waals surface area contributed by atoms with E-state index in [0.717, 1.165) is 0 Å². The van der Waals surface area contributed by atoms with E-state index in [0.29, 0.717) is 0 Å². The molecule has 16 heavy (non-hydrogen) atoms. The summed E-state index contributed by atoms with van der Waals surface area (Å²) in [5, 5.41) is 26.3. The molecule has 0 aliphatic carbocycles. The lowest BCUT2D eigenvalue weighted by atomic mass is 10.1. The van der Waals surface area contributed by atoms with Crippen molar-refractivity contribution in [2.45, 2.75) is 6.42 Å². The molecule has 1 rings (SSSR count). The maximum Gasteiger partial charge on any atom is 0.341 e. The van der Waals surface area contributed by atoms with Crippen molar-refractivity contribution in [1.29, 1.82) is 0 Å². The van der Waals surface area contributed by atoms with Crippen molar-refractivity contribution in [1.82, 2.24) is 0 Å². The van der Waals surface area contributed by atoms with Crippen LogP contribution in [0, 0.1) is 0 Å². The Hall–Kier alpha value is -2.24. The van der Waals surface area contributed by atoms with Crippen molar-refractivity contribution in [3.63, 3.8) is 0 Å². The zero-order valence-corrected chi connectivity index (χ0v) is 8.21. The number of carboxylic acid groups (broad SMARTS) is 2. The minimum absolute atomic E-state index is 0.175. The highest BCUT2D eigenvalue weighted by molar-refractivity contribution is 5.71. The molecule has 0 unspecified atom stereocenters. The Morgan fingerprint density at radius 3 is 2.38 bits per heavy atom. The molecular weight excluding hydrogens is 216 g/mol. The van der Waals surface area contributed by atoms with E-state index >= 15 is 0 Å². The molecule has 0 aromatic heterocycles. The van der Waals surface area contributed by atoms with Gasteiger partial charge >= 0.3 is 11.9 Å². The Bertz CT molecular complexity index is 412.